The van der Waals surface area contributed by atoms with E-state index in [4.69, 9.17) is 9.98 Å². The minimum Gasteiger partial charge on any atom is -0.357 e. The van der Waals surface area contributed by atoms with Crippen LogP contribution in [0.1, 0.15) is 35.8 Å². The monoisotopic (exact) mass is 410 g/mol. The first kappa shape index (κ1) is 21.0. The van der Waals surface area contributed by atoms with E-state index >= 15 is 0 Å². The fraction of sp³-hybridized carbons (Fsp3) is 0.409. The van der Waals surface area contributed by atoms with Gasteiger partial charge in [-0.1, -0.05) is 30.3 Å². The van der Waals surface area contributed by atoms with Gasteiger partial charge in [0.1, 0.15) is 5.01 Å². The standard InChI is InChI=1S/C22H30N6S/c1-6-23-22(25-15(2)12-19-16(3)27-28(5)17(19)4)24-13-21-26-20(14-29-21)18-10-8-7-9-11-18/h7-11,14-15H,6,12-13H2,1-5H3,(H2,23,24,25). The van der Waals surface area contributed by atoms with E-state index in [0.717, 1.165) is 40.9 Å². The molecule has 0 saturated carbocycles. The molecule has 0 amide bonds. The Bertz CT molecular complexity index is 957. The lowest BCUT2D eigenvalue weighted by Gasteiger charge is -2.18. The molecule has 0 radical (unpaired) electrons. The molecule has 0 fully saturated rings. The van der Waals surface area contributed by atoms with E-state index < -0.39 is 0 Å². The molecule has 2 aromatic heterocycles. The quantitative estimate of drug-likeness (QED) is 0.459. The number of rotatable bonds is 7. The highest BCUT2D eigenvalue weighted by atomic mass is 32.1. The number of aromatic nitrogens is 3. The highest BCUT2D eigenvalue weighted by Gasteiger charge is 2.14. The SMILES string of the molecule is CCNC(=NCc1nc(-c2ccccc2)cs1)NC(C)Cc1c(C)nn(C)c1C. The molecule has 2 heterocycles. The van der Waals surface area contributed by atoms with Crippen molar-refractivity contribution in [2.24, 2.45) is 12.0 Å². The summed E-state index contributed by atoms with van der Waals surface area (Å²) < 4.78 is 1.95. The van der Waals surface area contributed by atoms with Crippen LogP contribution in [0, 0.1) is 13.8 Å². The van der Waals surface area contributed by atoms with Crippen molar-refractivity contribution in [1.29, 1.82) is 0 Å². The maximum absolute atomic E-state index is 4.74. The van der Waals surface area contributed by atoms with Gasteiger partial charge in [-0.05, 0) is 39.7 Å². The summed E-state index contributed by atoms with van der Waals surface area (Å²) in [6.45, 7) is 9.82. The van der Waals surface area contributed by atoms with Gasteiger partial charge in [0.25, 0.3) is 0 Å². The summed E-state index contributed by atoms with van der Waals surface area (Å²) in [7, 11) is 1.99. The molecule has 1 atom stereocenters. The largest absolute Gasteiger partial charge is 0.357 e. The summed E-state index contributed by atoms with van der Waals surface area (Å²) in [6.07, 6.45) is 0.908. The van der Waals surface area contributed by atoms with Crippen molar-refractivity contribution in [2.45, 2.75) is 46.7 Å². The first-order valence-electron chi connectivity index (χ1n) is 10.0. The average molecular weight is 411 g/mol. The second kappa shape index (κ2) is 9.69. The lowest BCUT2D eigenvalue weighted by Crippen LogP contribution is -2.43. The molecule has 7 heteroatoms. The van der Waals surface area contributed by atoms with Gasteiger partial charge in [0, 0.05) is 36.3 Å². The predicted octanol–water partition coefficient (Wildman–Crippen LogP) is 3.85. The third-order valence-electron chi connectivity index (χ3n) is 4.89. The van der Waals surface area contributed by atoms with Gasteiger partial charge in [0.05, 0.1) is 17.9 Å². The van der Waals surface area contributed by atoms with Gasteiger partial charge >= 0.3 is 0 Å². The molecular weight excluding hydrogens is 380 g/mol. The van der Waals surface area contributed by atoms with Crippen molar-refractivity contribution < 1.29 is 0 Å². The lowest BCUT2D eigenvalue weighted by molar-refractivity contribution is 0.635. The molecule has 1 unspecified atom stereocenters. The summed E-state index contributed by atoms with van der Waals surface area (Å²) in [6, 6.07) is 10.5. The zero-order valence-electron chi connectivity index (χ0n) is 17.9. The second-order valence-corrected chi connectivity index (χ2v) is 8.15. The number of thiazole rings is 1. The number of aryl methyl sites for hydroxylation is 2. The van der Waals surface area contributed by atoms with Gasteiger partial charge in [-0.3, -0.25) is 4.68 Å². The molecule has 3 rings (SSSR count). The van der Waals surface area contributed by atoms with E-state index in [1.165, 1.54) is 11.3 Å². The number of hydrogen-bond acceptors (Lipinski definition) is 4. The maximum Gasteiger partial charge on any atom is 0.191 e. The molecule has 0 aliphatic heterocycles. The first-order chi connectivity index (χ1) is 14.0. The molecular formula is C22H30N6S. The zero-order chi connectivity index (χ0) is 20.8. The Morgan fingerprint density at radius 3 is 2.66 bits per heavy atom. The summed E-state index contributed by atoms with van der Waals surface area (Å²) in [5.41, 5.74) is 5.76. The molecule has 0 aliphatic rings. The summed E-state index contributed by atoms with van der Waals surface area (Å²) >= 11 is 1.65. The Morgan fingerprint density at radius 1 is 1.24 bits per heavy atom. The van der Waals surface area contributed by atoms with Crippen LogP contribution in [0.15, 0.2) is 40.7 Å². The Morgan fingerprint density at radius 2 is 2.00 bits per heavy atom. The number of nitrogens with one attached hydrogen (secondary N) is 2. The number of hydrogen-bond donors (Lipinski definition) is 2. The molecule has 3 aromatic rings. The van der Waals surface area contributed by atoms with Crippen molar-refractivity contribution in [3.63, 3.8) is 0 Å². The van der Waals surface area contributed by atoms with Crippen LogP contribution in [0.25, 0.3) is 11.3 Å². The highest BCUT2D eigenvalue weighted by molar-refractivity contribution is 7.09. The van der Waals surface area contributed by atoms with Crippen molar-refractivity contribution in [2.75, 3.05) is 6.54 Å². The van der Waals surface area contributed by atoms with Crippen LogP contribution in [0.3, 0.4) is 0 Å². The van der Waals surface area contributed by atoms with E-state index in [2.05, 4.69) is 60.9 Å². The molecule has 0 spiro atoms. The average Bonchev–Trinajstić information content (AvgIpc) is 3.27. The van der Waals surface area contributed by atoms with Gasteiger partial charge in [-0.25, -0.2) is 9.98 Å². The Kier molecular flexibility index (Phi) is 7.04. The smallest absolute Gasteiger partial charge is 0.191 e. The molecule has 0 aliphatic carbocycles. The summed E-state index contributed by atoms with van der Waals surface area (Å²) in [4.78, 5) is 9.47. The molecule has 6 nitrogen and oxygen atoms in total. The van der Waals surface area contributed by atoms with Crippen LogP contribution in [-0.2, 0) is 20.0 Å². The van der Waals surface area contributed by atoms with Crippen molar-refractivity contribution in [3.8, 4) is 11.3 Å². The van der Waals surface area contributed by atoms with E-state index in [-0.39, 0.29) is 6.04 Å². The van der Waals surface area contributed by atoms with Crippen LogP contribution in [0.4, 0.5) is 0 Å². The van der Waals surface area contributed by atoms with Crippen molar-refractivity contribution >= 4 is 17.3 Å². The fourth-order valence-corrected chi connectivity index (χ4v) is 4.02. The summed E-state index contributed by atoms with van der Waals surface area (Å²) in [5, 5.41) is 14.5. The number of nitrogens with zero attached hydrogens (tertiary/aromatic N) is 4. The lowest BCUT2D eigenvalue weighted by atomic mass is 10.1. The van der Waals surface area contributed by atoms with E-state index in [0.29, 0.717) is 6.54 Å². The van der Waals surface area contributed by atoms with Crippen LogP contribution in [-0.4, -0.2) is 33.3 Å². The zero-order valence-corrected chi connectivity index (χ0v) is 18.7. The van der Waals surface area contributed by atoms with Gasteiger partial charge in [-0.2, -0.15) is 5.10 Å². The van der Waals surface area contributed by atoms with Gasteiger partial charge in [-0.15, -0.1) is 11.3 Å². The minimum atomic E-state index is 0.241. The first-order valence-corrected chi connectivity index (χ1v) is 10.9. The third-order valence-corrected chi connectivity index (χ3v) is 5.72. The fourth-order valence-electron chi connectivity index (χ4n) is 3.30. The molecule has 29 heavy (non-hydrogen) atoms. The summed E-state index contributed by atoms with van der Waals surface area (Å²) in [5.74, 6) is 0.815. The van der Waals surface area contributed by atoms with Gasteiger partial charge in [0.15, 0.2) is 5.96 Å². The van der Waals surface area contributed by atoms with Crippen LogP contribution in [0.5, 0.6) is 0 Å². The van der Waals surface area contributed by atoms with Crippen LogP contribution < -0.4 is 10.6 Å². The Labute approximate surface area is 177 Å². The van der Waals surface area contributed by atoms with Crippen LogP contribution >= 0.6 is 11.3 Å². The number of benzene rings is 1. The molecule has 1 aromatic carbocycles. The molecule has 0 saturated heterocycles. The number of guanidine groups is 1. The Hall–Kier alpha value is -2.67. The van der Waals surface area contributed by atoms with Gasteiger partial charge in [0.2, 0.25) is 0 Å². The van der Waals surface area contributed by atoms with Crippen molar-refractivity contribution in [3.05, 3.63) is 57.7 Å². The highest BCUT2D eigenvalue weighted by Crippen LogP contribution is 2.22. The predicted molar refractivity (Wildman–Crippen MR) is 121 cm³/mol. The molecule has 0 bridgehead atoms. The molecule has 2 N–H and O–H groups in total. The van der Waals surface area contributed by atoms with E-state index in [1.807, 2.05) is 29.9 Å². The van der Waals surface area contributed by atoms with Gasteiger partial charge < -0.3 is 10.6 Å². The van der Waals surface area contributed by atoms with E-state index in [1.54, 1.807) is 11.3 Å². The topological polar surface area (TPSA) is 67.1 Å². The van der Waals surface area contributed by atoms with Crippen molar-refractivity contribution in [1.82, 2.24) is 25.4 Å². The minimum absolute atomic E-state index is 0.241. The second-order valence-electron chi connectivity index (χ2n) is 7.21. The van der Waals surface area contributed by atoms with Crippen LogP contribution in [0.2, 0.25) is 0 Å². The third kappa shape index (κ3) is 5.44. The Balaban J connectivity index is 1.64. The maximum atomic E-state index is 4.74. The number of aliphatic imine (C=N–C) groups is 1. The normalized spacial score (nSPS) is 12.8. The molecule has 154 valence electrons. The van der Waals surface area contributed by atoms with E-state index in [9.17, 15) is 0 Å².